The number of benzene rings is 1. The number of hydrogen-bond donors (Lipinski definition) is 2. The fourth-order valence-electron chi connectivity index (χ4n) is 3.52. The molecule has 2 saturated heterocycles. The first-order valence-electron chi connectivity index (χ1n) is 8.09. The number of carbonyl (C=O) groups is 1. The Hall–Kier alpha value is -1.30. The number of nitrogens with one attached hydrogen (secondary N) is 2. The zero-order chi connectivity index (χ0) is 15.8. The third kappa shape index (κ3) is 3.32. The SMILES string of the molecule is Cc1cccc(Sc2ccc(C(=O)NC3CC4CCC3N4)s2)c1. The maximum absolute atomic E-state index is 12.5. The molecule has 3 heterocycles. The lowest BCUT2D eigenvalue weighted by Crippen LogP contribution is -2.42. The van der Waals surface area contributed by atoms with Crippen LogP contribution < -0.4 is 10.6 Å². The highest BCUT2D eigenvalue weighted by atomic mass is 32.2. The molecule has 3 atom stereocenters. The van der Waals surface area contributed by atoms with Gasteiger partial charge in [-0.3, -0.25) is 4.79 Å². The second kappa shape index (κ2) is 6.30. The van der Waals surface area contributed by atoms with Crippen molar-refractivity contribution in [1.82, 2.24) is 10.6 Å². The molecule has 1 aromatic heterocycles. The summed E-state index contributed by atoms with van der Waals surface area (Å²) in [4.78, 5) is 14.5. The van der Waals surface area contributed by atoms with Crippen molar-refractivity contribution in [2.24, 2.45) is 0 Å². The van der Waals surface area contributed by atoms with Crippen LogP contribution in [0.5, 0.6) is 0 Å². The first-order chi connectivity index (χ1) is 11.2. The standard InChI is InChI=1S/C18H20N2OS2/c1-11-3-2-4-13(9-11)22-17-8-7-16(23-17)18(21)20-15-10-12-5-6-14(15)19-12/h2-4,7-9,12,14-15,19H,5-6,10H2,1H3,(H,20,21). The summed E-state index contributed by atoms with van der Waals surface area (Å²) >= 11 is 3.30. The summed E-state index contributed by atoms with van der Waals surface area (Å²) in [6.45, 7) is 2.10. The van der Waals surface area contributed by atoms with E-state index in [9.17, 15) is 4.79 Å². The second-order valence-electron chi connectivity index (χ2n) is 6.40. The summed E-state index contributed by atoms with van der Waals surface area (Å²) in [6, 6.07) is 13.8. The van der Waals surface area contributed by atoms with Gasteiger partial charge in [0.05, 0.1) is 9.09 Å². The highest BCUT2D eigenvalue weighted by molar-refractivity contribution is 8.01. The lowest BCUT2D eigenvalue weighted by Gasteiger charge is -2.20. The van der Waals surface area contributed by atoms with Gasteiger partial charge in [-0.15, -0.1) is 11.3 Å². The normalized spacial score (nSPS) is 25.7. The maximum atomic E-state index is 12.5. The monoisotopic (exact) mass is 344 g/mol. The summed E-state index contributed by atoms with van der Waals surface area (Å²) in [7, 11) is 0. The van der Waals surface area contributed by atoms with Crippen LogP contribution in [0.25, 0.3) is 0 Å². The van der Waals surface area contributed by atoms with Crippen molar-refractivity contribution in [2.75, 3.05) is 0 Å². The lowest BCUT2D eigenvalue weighted by molar-refractivity contribution is 0.0935. The van der Waals surface area contributed by atoms with Crippen molar-refractivity contribution in [1.29, 1.82) is 0 Å². The fraction of sp³-hybridized carbons (Fsp3) is 0.389. The van der Waals surface area contributed by atoms with Crippen molar-refractivity contribution in [3.8, 4) is 0 Å². The van der Waals surface area contributed by atoms with Crippen LogP contribution in [-0.4, -0.2) is 24.0 Å². The number of aryl methyl sites for hydroxylation is 1. The van der Waals surface area contributed by atoms with E-state index in [2.05, 4.69) is 41.8 Å². The zero-order valence-electron chi connectivity index (χ0n) is 13.0. The van der Waals surface area contributed by atoms with Gasteiger partial charge in [-0.05, 0) is 50.5 Å². The summed E-state index contributed by atoms with van der Waals surface area (Å²) in [5.41, 5.74) is 1.26. The number of hydrogen-bond acceptors (Lipinski definition) is 4. The predicted molar refractivity (Wildman–Crippen MR) is 95.4 cm³/mol. The van der Waals surface area contributed by atoms with Gasteiger partial charge in [-0.25, -0.2) is 0 Å². The first kappa shape index (κ1) is 15.2. The smallest absolute Gasteiger partial charge is 0.261 e. The predicted octanol–water partition coefficient (Wildman–Crippen LogP) is 3.83. The molecule has 2 aromatic rings. The van der Waals surface area contributed by atoms with Gasteiger partial charge in [0.15, 0.2) is 0 Å². The molecule has 2 fully saturated rings. The second-order valence-corrected chi connectivity index (χ2v) is 8.86. The molecule has 4 rings (SSSR count). The van der Waals surface area contributed by atoms with Crippen molar-refractivity contribution in [3.63, 3.8) is 0 Å². The molecule has 1 aromatic carbocycles. The summed E-state index contributed by atoms with van der Waals surface area (Å²) < 4.78 is 1.16. The van der Waals surface area contributed by atoms with E-state index >= 15 is 0 Å². The molecule has 2 aliphatic heterocycles. The Kier molecular flexibility index (Phi) is 4.18. The molecule has 0 spiro atoms. The van der Waals surface area contributed by atoms with Crippen molar-refractivity contribution >= 4 is 29.0 Å². The van der Waals surface area contributed by atoms with Gasteiger partial charge in [0.2, 0.25) is 0 Å². The van der Waals surface area contributed by atoms with E-state index in [0.29, 0.717) is 18.1 Å². The fourth-order valence-corrected chi connectivity index (χ4v) is 5.64. The van der Waals surface area contributed by atoms with Gasteiger partial charge < -0.3 is 10.6 Å². The topological polar surface area (TPSA) is 41.1 Å². The molecule has 1 amide bonds. The average Bonchev–Trinajstić information content (AvgIpc) is 3.23. The minimum absolute atomic E-state index is 0.0745. The minimum Gasteiger partial charge on any atom is -0.347 e. The molecular formula is C18H20N2OS2. The van der Waals surface area contributed by atoms with Gasteiger partial charge >= 0.3 is 0 Å². The molecule has 23 heavy (non-hydrogen) atoms. The first-order valence-corrected chi connectivity index (χ1v) is 9.72. The highest BCUT2D eigenvalue weighted by Gasteiger charge is 2.39. The van der Waals surface area contributed by atoms with Crippen LogP contribution in [0.15, 0.2) is 45.5 Å². The number of fused-ring (bicyclic) bond motifs is 2. The summed E-state index contributed by atoms with van der Waals surface area (Å²) in [5.74, 6) is 0.0745. The Bertz CT molecular complexity index is 727. The molecule has 0 radical (unpaired) electrons. The highest BCUT2D eigenvalue weighted by Crippen LogP contribution is 2.34. The van der Waals surface area contributed by atoms with Crippen LogP contribution in [0.2, 0.25) is 0 Å². The van der Waals surface area contributed by atoms with E-state index in [1.807, 2.05) is 12.1 Å². The molecule has 5 heteroatoms. The molecule has 0 saturated carbocycles. The maximum Gasteiger partial charge on any atom is 0.261 e. The van der Waals surface area contributed by atoms with Crippen molar-refractivity contribution in [3.05, 3.63) is 46.8 Å². The van der Waals surface area contributed by atoms with E-state index in [1.54, 1.807) is 23.1 Å². The van der Waals surface area contributed by atoms with Crippen LogP contribution in [-0.2, 0) is 0 Å². The molecule has 2 aliphatic rings. The van der Waals surface area contributed by atoms with Crippen molar-refractivity contribution < 1.29 is 4.79 Å². The van der Waals surface area contributed by atoms with E-state index in [0.717, 1.165) is 15.5 Å². The Morgan fingerprint density at radius 2 is 2.22 bits per heavy atom. The van der Waals surface area contributed by atoms with Gasteiger partial charge in [-0.2, -0.15) is 0 Å². The lowest BCUT2D eigenvalue weighted by atomic mass is 9.95. The summed E-state index contributed by atoms with van der Waals surface area (Å²) in [5, 5.41) is 6.78. The Balaban J connectivity index is 1.40. The van der Waals surface area contributed by atoms with E-state index in [-0.39, 0.29) is 5.91 Å². The van der Waals surface area contributed by atoms with Gasteiger partial charge in [0.25, 0.3) is 5.91 Å². The van der Waals surface area contributed by atoms with E-state index in [4.69, 9.17) is 0 Å². The Morgan fingerprint density at radius 1 is 1.30 bits per heavy atom. The third-order valence-corrected chi connectivity index (χ3v) is 6.84. The number of thiophene rings is 1. The zero-order valence-corrected chi connectivity index (χ0v) is 14.7. The van der Waals surface area contributed by atoms with Crippen LogP contribution in [0.1, 0.15) is 34.5 Å². The molecule has 0 aliphatic carbocycles. The molecule has 3 nitrogen and oxygen atoms in total. The minimum atomic E-state index is 0.0745. The molecule has 2 bridgehead atoms. The largest absolute Gasteiger partial charge is 0.347 e. The average molecular weight is 345 g/mol. The van der Waals surface area contributed by atoms with E-state index < -0.39 is 0 Å². The molecule has 120 valence electrons. The number of rotatable bonds is 4. The van der Waals surface area contributed by atoms with Gasteiger partial charge in [-0.1, -0.05) is 29.5 Å². The van der Waals surface area contributed by atoms with Gasteiger partial charge in [0, 0.05) is 23.0 Å². The number of carbonyl (C=O) groups excluding carboxylic acids is 1. The quantitative estimate of drug-likeness (QED) is 0.886. The molecule has 3 unspecified atom stereocenters. The Labute approximate surface area is 144 Å². The summed E-state index contributed by atoms with van der Waals surface area (Å²) in [6.07, 6.45) is 3.52. The Morgan fingerprint density at radius 3 is 2.96 bits per heavy atom. The van der Waals surface area contributed by atoms with Crippen molar-refractivity contribution in [2.45, 2.75) is 53.4 Å². The molecule has 2 N–H and O–H groups in total. The van der Waals surface area contributed by atoms with E-state index in [1.165, 1.54) is 23.3 Å². The van der Waals surface area contributed by atoms with Gasteiger partial charge in [0.1, 0.15) is 0 Å². The van der Waals surface area contributed by atoms with Crippen LogP contribution in [0, 0.1) is 6.92 Å². The number of amides is 1. The van der Waals surface area contributed by atoms with Crippen LogP contribution >= 0.6 is 23.1 Å². The third-order valence-electron chi connectivity index (χ3n) is 4.63. The molecular weight excluding hydrogens is 324 g/mol. The van der Waals surface area contributed by atoms with Crippen LogP contribution in [0.3, 0.4) is 0 Å². The van der Waals surface area contributed by atoms with Crippen LogP contribution in [0.4, 0.5) is 0 Å².